The predicted molar refractivity (Wildman–Crippen MR) is 80.7 cm³/mol. The molecule has 1 atom stereocenters. The Balaban J connectivity index is 2.30. The molecule has 1 aromatic rings. The largest absolute Gasteiger partial charge is 0.375 e. The van der Waals surface area contributed by atoms with Crippen molar-refractivity contribution in [3.63, 3.8) is 0 Å². The Hall–Kier alpha value is -0.770. The molecule has 2 rings (SSSR count). The molecule has 1 unspecified atom stereocenters. The Morgan fingerprint density at radius 3 is 2.21 bits per heavy atom. The van der Waals surface area contributed by atoms with E-state index in [1.165, 1.54) is 0 Å². The fourth-order valence-electron chi connectivity index (χ4n) is 3.14. The van der Waals surface area contributed by atoms with Crippen LogP contribution in [-0.4, -0.2) is 23.3 Å². The lowest BCUT2D eigenvalue weighted by atomic mass is 9.78. The topological polar surface area (TPSA) is 47.3 Å². The Bertz CT molecular complexity index is 456. The maximum atomic E-state index is 6.17. The van der Waals surface area contributed by atoms with E-state index >= 15 is 0 Å². The second kappa shape index (κ2) is 4.65. The first-order chi connectivity index (χ1) is 8.70. The molecule has 19 heavy (non-hydrogen) atoms. The summed E-state index contributed by atoms with van der Waals surface area (Å²) in [6, 6.07) is 7.70. The molecule has 0 radical (unpaired) electrons. The minimum absolute atomic E-state index is 0.178. The summed E-state index contributed by atoms with van der Waals surface area (Å²) in [4.78, 5) is 0. The molecule has 1 saturated heterocycles. The zero-order valence-corrected chi connectivity index (χ0v) is 12.8. The van der Waals surface area contributed by atoms with Gasteiger partial charge in [-0.1, -0.05) is 11.6 Å². The summed E-state index contributed by atoms with van der Waals surface area (Å²) in [5.74, 6) is 0. The number of hydrogen-bond acceptors (Lipinski definition) is 3. The number of nitrogens with two attached hydrogens (primary N) is 1. The summed E-state index contributed by atoms with van der Waals surface area (Å²) in [5.41, 5.74) is 6.31. The Labute approximate surface area is 120 Å². The van der Waals surface area contributed by atoms with Gasteiger partial charge in [-0.2, -0.15) is 0 Å². The predicted octanol–water partition coefficient (Wildman–Crippen LogP) is 3.43. The van der Waals surface area contributed by atoms with Crippen LogP contribution in [0.15, 0.2) is 24.3 Å². The van der Waals surface area contributed by atoms with Gasteiger partial charge in [-0.15, -0.1) is 0 Å². The minimum Gasteiger partial charge on any atom is -0.375 e. The summed E-state index contributed by atoms with van der Waals surface area (Å²) in [6.07, 6.45) is 0.867. The molecule has 3 nitrogen and oxygen atoms in total. The first kappa shape index (κ1) is 14.6. The lowest BCUT2D eigenvalue weighted by Gasteiger charge is -2.40. The van der Waals surface area contributed by atoms with Crippen LogP contribution in [0.25, 0.3) is 0 Å². The van der Waals surface area contributed by atoms with E-state index in [1.807, 2.05) is 24.3 Å². The van der Waals surface area contributed by atoms with Gasteiger partial charge in [-0.05, 0) is 52.0 Å². The highest BCUT2D eigenvalue weighted by molar-refractivity contribution is 6.30. The van der Waals surface area contributed by atoms with Crippen molar-refractivity contribution in [3.05, 3.63) is 29.3 Å². The van der Waals surface area contributed by atoms with Crippen LogP contribution >= 0.6 is 11.6 Å². The molecule has 0 aromatic heterocycles. The van der Waals surface area contributed by atoms with Crippen LogP contribution in [0.2, 0.25) is 5.02 Å². The van der Waals surface area contributed by atoms with Gasteiger partial charge in [0.25, 0.3) is 0 Å². The van der Waals surface area contributed by atoms with Crippen molar-refractivity contribution in [2.24, 2.45) is 5.73 Å². The second-order valence-corrected chi connectivity index (χ2v) is 6.90. The molecule has 1 fully saturated rings. The van der Waals surface area contributed by atoms with Crippen molar-refractivity contribution in [3.8, 4) is 0 Å². The SMILES string of the molecule is CC1(C)CC(CN)(Nc2ccc(Cl)cc2)C(C)(C)O1. The third-order valence-corrected chi connectivity index (χ3v) is 4.24. The fourth-order valence-corrected chi connectivity index (χ4v) is 3.26. The van der Waals surface area contributed by atoms with E-state index in [4.69, 9.17) is 22.1 Å². The average molecular weight is 283 g/mol. The number of halogens is 1. The van der Waals surface area contributed by atoms with Crippen molar-refractivity contribution < 1.29 is 4.74 Å². The third kappa shape index (κ3) is 2.73. The van der Waals surface area contributed by atoms with Crippen molar-refractivity contribution in [1.29, 1.82) is 0 Å². The van der Waals surface area contributed by atoms with E-state index in [9.17, 15) is 0 Å². The van der Waals surface area contributed by atoms with Gasteiger partial charge in [0, 0.05) is 23.7 Å². The van der Waals surface area contributed by atoms with Crippen molar-refractivity contribution in [2.75, 3.05) is 11.9 Å². The molecule has 1 heterocycles. The van der Waals surface area contributed by atoms with Gasteiger partial charge in [-0.3, -0.25) is 0 Å². The molecule has 106 valence electrons. The monoisotopic (exact) mass is 282 g/mol. The van der Waals surface area contributed by atoms with Gasteiger partial charge >= 0.3 is 0 Å². The molecule has 1 aliphatic rings. The van der Waals surface area contributed by atoms with E-state index in [1.54, 1.807) is 0 Å². The second-order valence-electron chi connectivity index (χ2n) is 6.47. The fraction of sp³-hybridized carbons (Fsp3) is 0.600. The molecular formula is C15H23ClN2O. The molecule has 0 aliphatic carbocycles. The summed E-state index contributed by atoms with van der Waals surface area (Å²) in [5, 5.41) is 4.30. The van der Waals surface area contributed by atoms with Crippen LogP contribution in [0, 0.1) is 0 Å². The molecule has 3 N–H and O–H groups in total. The molecule has 0 bridgehead atoms. The zero-order chi connectivity index (χ0) is 14.3. The van der Waals surface area contributed by atoms with E-state index in [0.717, 1.165) is 17.1 Å². The average Bonchev–Trinajstić information content (AvgIpc) is 2.47. The molecule has 0 amide bonds. The van der Waals surface area contributed by atoms with Gasteiger partial charge in [0.1, 0.15) is 0 Å². The standard InChI is InChI=1S/C15H23ClN2O/c1-13(2)9-15(10-17,14(3,4)19-13)18-12-7-5-11(16)6-8-12/h5-8,18H,9-10,17H2,1-4H3. The van der Waals surface area contributed by atoms with Gasteiger partial charge in [-0.25, -0.2) is 0 Å². The highest BCUT2D eigenvalue weighted by atomic mass is 35.5. The summed E-state index contributed by atoms with van der Waals surface area (Å²) in [7, 11) is 0. The van der Waals surface area contributed by atoms with Crippen LogP contribution < -0.4 is 11.1 Å². The number of hydrogen-bond donors (Lipinski definition) is 2. The van der Waals surface area contributed by atoms with Crippen molar-refractivity contribution in [1.82, 2.24) is 0 Å². The molecule has 0 spiro atoms. The van der Waals surface area contributed by atoms with E-state index in [0.29, 0.717) is 6.54 Å². The van der Waals surface area contributed by atoms with Crippen molar-refractivity contribution in [2.45, 2.75) is 50.9 Å². The quantitative estimate of drug-likeness (QED) is 0.893. The lowest BCUT2D eigenvalue weighted by molar-refractivity contribution is -0.0753. The maximum absolute atomic E-state index is 6.17. The number of ether oxygens (including phenoxy) is 1. The smallest absolute Gasteiger partial charge is 0.0875 e. The lowest BCUT2D eigenvalue weighted by Crippen LogP contribution is -2.57. The minimum atomic E-state index is -0.328. The maximum Gasteiger partial charge on any atom is 0.0875 e. The van der Waals surface area contributed by atoms with Gasteiger partial charge in [0.05, 0.1) is 16.7 Å². The highest BCUT2D eigenvalue weighted by Crippen LogP contribution is 2.46. The number of nitrogens with one attached hydrogen (secondary N) is 1. The number of rotatable bonds is 3. The van der Waals surface area contributed by atoms with Crippen LogP contribution in [-0.2, 0) is 4.74 Å². The van der Waals surface area contributed by atoms with Crippen LogP contribution in [0.4, 0.5) is 5.69 Å². The molecule has 4 heteroatoms. The Kier molecular flexibility index (Phi) is 3.58. The molecule has 1 aromatic carbocycles. The van der Waals surface area contributed by atoms with Gasteiger partial charge in [0.2, 0.25) is 0 Å². The number of anilines is 1. The highest BCUT2D eigenvalue weighted by Gasteiger charge is 2.56. The summed E-state index contributed by atoms with van der Waals surface area (Å²) < 4.78 is 6.17. The van der Waals surface area contributed by atoms with E-state index in [2.05, 4.69) is 33.0 Å². The molecule has 0 saturated carbocycles. The Morgan fingerprint density at radius 1 is 1.21 bits per heavy atom. The van der Waals surface area contributed by atoms with Gasteiger partial charge < -0.3 is 15.8 Å². The molecule has 1 aliphatic heterocycles. The summed E-state index contributed by atoms with van der Waals surface area (Å²) >= 11 is 5.92. The van der Waals surface area contributed by atoms with Gasteiger partial charge in [0.15, 0.2) is 0 Å². The first-order valence-corrected chi connectivity index (χ1v) is 7.02. The summed E-state index contributed by atoms with van der Waals surface area (Å²) in [6.45, 7) is 8.92. The third-order valence-electron chi connectivity index (χ3n) is 3.99. The van der Waals surface area contributed by atoms with Crippen LogP contribution in [0.1, 0.15) is 34.1 Å². The van der Waals surface area contributed by atoms with Crippen LogP contribution in [0.5, 0.6) is 0 Å². The Morgan fingerprint density at radius 2 is 1.79 bits per heavy atom. The zero-order valence-electron chi connectivity index (χ0n) is 12.1. The van der Waals surface area contributed by atoms with E-state index in [-0.39, 0.29) is 16.7 Å². The first-order valence-electron chi connectivity index (χ1n) is 6.64. The van der Waals surface area contributed by atoms with Crippen molar-refractivity contribution >= 4 is 17.3 Å². The number of benzene rings is 1. The molecular weight excluding hydrogens is 260 g/mol. The van der Waals surface area contributed by atoms with E-state index < -0.39 is 0 Å². The normalized spacial score (nSPS) is 28.3. The van der Waals surface area contributed by atoms with Crippen LogP contribution in [0.3, 0.4) is 0 Å².